The molecule has 2 aromatic carbocycles. The first-order valence-corrected chi connectivity index (χ1v) is 14.0. The maximum absolute atomic E-state index is 13.3. The van der Waals surface area contributed by atoms with Crippen molar-refractivity contribution >= 4 is 50.7 Å². The van der Waals surface area contributed by atoms with Crippen molar-refractivity contribution in [2.24, 2.45) is 0 Å². The van der Waals surface area contributed by atoms with Gasteiger partial charge < -0.3 is 10.2 Å². The van der Waals surface area contributed by atoms with Crippen molar-refractivity contribution in [3.8, 4) is 0 Å². The molecule has 0 unspecified atom stereocenters. The lowest BCUT2D eigenvalue weighted by Crippen LogP contribution is -2.49. The van der Waals surface area contributed by atoms with Gasteiger partial charge in [-0.05, 0) is 63.4 Å². The Balaban J connectivity index is 2.22. The Bertz CT molecular complexity index is 1160. The van der Waals surface area contributed by atoms with Crippen molar-refractivity contribution in [1.29, 1.82) is 0 Å². The van der Waals surface area contributed by atoms with E-state index >= 15 is 0 Å². The quantitative estimate of drug-likeness (QED) is 0.443. The van der Waals surface area contributed by atoms with Crippen molar-refractivity contribution in [3.63, 3.8) is 0 Å². The number of nitrogens with one attached hydrogen (secondary N) is 1. The molecule has 0 saturated carbocycles. The molecule has 0 aromatic heterocycles. The molecule has 192 valence electrons. The summed E-state index contributed by atoms with van der Waals surface area (Å²) in [7, 11) is -3.55. The summed E-state index contributed by atoms with van der Waals surface area (Å²) in [6.45, 7) is 7.45. The fraction of sp³-hybridized carbons (Fsp3) is 0.440. The van der Waals surface area contributed by atoms with Crippen LogP contribution in [0.2, 0.25) is 10.0 Å². The van der Waals surface area contributed by atoms with Crippen LogP contribution in [0.5, 0.6) is 0 Å². The SMILES string of the molecule is Cc1ccccc1N(CCCC(=O)N(Cc1ccc(Cl)cc1Cl)[C@H](C)C(=O)NC(C)C)S(C)(=O)=O. The van der Waals surface area contributed by atoms with Crippen LogP contribution in [0.4, 0.5) is 5.69 Å². The second-order valence-electron chi connectivity index (χ2n) is 8.82. The van der Waals surface area contributed by atoms with E-state index in [1.54, 1.807) is 37.3 Å². The lowest BCUT2D eigenvalue weighted by Gasteiger charge is -2.30. The molecule has 0 aliphatic heterocycles. The lowest BCUT2D eigenvalue weighted by atomic mass is 10.1. The van der Waals surface area contributed by atoms with Crippen molar-refractivity contribution in [1.82, 2.24) is 10.2 Å². The van der Waals surface area contributed by atoms with Gasteiger partial charge in [-0.2, -0.15) is 0 Å². The van der Waals surface area contributed by atoms with E-state index in [4.69, 9.17) is 23.2 Å². The van der Waals surface area contributed by atoms with E-state index in [0.717, 1.165) is 11.8 Å². The maximum Gasteiger partial charge on any atom is 0.242 e. The number of halogens is 2. The highest BCUT2D eigenvalue weighted by atomic mass is 35.5. The summed E-state index contributed by atoms with van der Waals surface area (Å²) >= 11 is 12.3. The predicted octanol–water partition coefficient (Wildman–Crippen LogP) is 4.79. The Morgan fingerprint density at radius 1 is 1.06 bits per heavy atom. The number of para-hydroxylation sites is 1. The van der Waals surface area contributed by atoms with E-state index in [2.05, 4.69) is 5.32 Å². The number of carbonyl (C=O) groups excluding carboxylic acids is 2. The molecule has 10 heteroatoms. The van der Waals surface area contributed by atoms with Crippen molar-refractivity contribution in [2.45, 2.75) is 59.2 Å². The second-order valence-corrected chi connectivity index (χ2v) is 11.6. The molecular formula is C25H33Cl2N3O4S. The van der Waals surface area contributed by atoms with E-state index in [-0.39, 0.29) is 43.8 Å². The minimum absolute atomic E-state index is 0.0579. The molecule has 1 N–H and O–H groups in total. The average Bonchev–Trinajstić information content (AvgIpc) is 2.75. The third-order valence-corrected chi connectivity index (χ3v) is 7.26. The van der Waals surface area contributed by atoms with Gasteiger partial charge in [0.15, 0.2) is 0 Å². The number of anilines is 1. The number of nitrogens with zero attached hydrogens (tertiary/aromatic N) is 2. The molecule has 1 atom stereocenters. The van der Waals surface area contributed by atoms with Crippen molar-refractivity contribution in [3.05, 3.63) is 63.6 Å². The molecule has 0 aliphatic rings. The van der Waals surface area contributed by atoms with Gasteiger partial charge in [0.2, 0.25) is 21.8 Å². The molecule has 0 aliphatic carbocycles. The van der Waals surface area contributed by atoms with E-state index in [1.165, 1.54) is 9.21 Å². The molecule has 2 aromatic rings. The number of hydrogen-bond acceptors (Lipinski definition) is 4. The van der Waals surface area contributed by atoms with Crippen LogP contribution in [0.15, 0.2) is 42.5 Å². The Kier molecular flexibility index (Phi) is 10.4. The summed E-state index contributed by atoms with van der Waals surface area (Å²) in [6.07, 6.45) is 1.49. The summed E-state index contributed by atoms with van der Waals surface area (Å²) < 4.78 is 26.2. The fourth-order valence-corrected chi connectivity index (χ4v) is 5.14. The normalized spacial score (nSPS) is 12.3. The van der Waals surface area contributed by atoms with Crippen LogP contribution in [0.1, 0.15) is 44.7 Å². The number of aryl methyl sites for hydroxylation is 1. The number of sulfonamides is 1. The van der Waals surface area contributed by atoms with Crippen LogP contribution < -0.4 is 9.62 Å². The average molecular weight is 543 g/mol. The Morgan fingerprint density at radius 2 is 1.71 bits per heavy atom. The molecule has 0 radical (unpaired) electrons. The summed E-state index contributed by atoms with van der Waals surface area (Å²) in [5, 5.41) is 3.70. The topological polar surface area (TPSA) is 86.8 Å². The van der Waals surface area contributed by atoms with Crippen LogP contribution in [0.25, 0.3) is 0 Å². The Labute approximate surface area is 218 Å². The van der Waals surface area contributed by atoms with Crippen molar-refractivity contribution in [2.75, 3.05) is 17.1 Å². The van der Waals surface area contributed by atoms with E-state index < -0.39 is 16.1 Å². The zero-order chi connectivity index (χ0) is 26.3. The standard InChI is InChI=1S/C25H33Cl2N3O4S/c1-17(2)28-25(32)19(4)29(16-20-12-13-21(26)15-22(20)27)24(31)11-8-14-30(35(5,33)34)23-10-7-6-9-18(23)3/h6-7,9-10,12-13,15,17,19H,8,11,14,16H2,1-5H3,(H,28,32)/t19-/m1/s1. The largest absolute Gasteiger partial charge is 0.352 e. The highest BCUT2D eigenvalue weighted by Crippen LogP contribution is 2.25. The molecule has 0 heterocycles. The number of rotatable bonds is 11. The molecular weight excluding hydrogens is 509 g/mol. The molecule has 2 amide bonds. The Hall–Kier alpha value is -2.29. The van der Waals surface area contributed by atoms with Crippen LogP contribution in [0, 0.1) is 6.92 Å². The molecule has 7 nitrogen and oxygen atoms in total. The number of amides is 2. The molecule has 0 fully saturated rings. The summed E-state index contributed by atoms with van der Waals surface area (Å²) in [5.41, 5.74) is 2.06. The third-order valence-electron chi connectivity index (χ3n) is 5.49. The molecule has 2 rings (SSSR count). The first kappa shape index (κ1) is 28.9. The summed E-state index contributed by atoms with van der Waals surface area (Å²) in [5.74, 6) is -0.559. The van der Waals surface area contributed by atoms with Crippen LogP contribution >= 0.6 is 23.2 Å². The first-order chi connectivity index (χ1) is 16.3. The predicted molar refractivity (Wildman–Crippen MR) is 142 cm³/mol. The first-order valence-electron chi connectivity index (χ1n) is 11.4. The minimum Gasteiger partial charge on any atom is -0.352 e. The summed E-state index contributed by atoms with van der Waals surface area (Å²) in [4.78, 5) is 27.5. The van der Waals surface area contributed by atoms with Gasteiger partial charge in [0.1, 0.15) is 6.04 Å². The second kappa shape index (κ2) is 12.6. The molecule has 0 saturated heterocycles. The monoisotopic (exact) mass is 541 g/mol. The highest BCUT2D eigenvalue weighted by molar-refractivity contribution is 7.92. The van der Waals surface area contributed by atoms with Gasteiger partial charge >= 0.3 is 0 Å². The number of carbonyl (C=O) groups is 2. The van der Waals surface area contributed by atoms with Gasteiger partial charge in [-0.25, -0.2) is 8.42 Å². The molecule has 35 heavy (non-hydrogen) atoms. The van der Waals surface area contributed by atoms with E-state index in [1.807, 2.05) is 32.9 Å². The van der Waals surface area contributed by atoms with Gasteiger partial charge in [-0.3, -0.25) is 13.9 Å². The van der Waals surface area contributed by atoms with Gasteiger partial charge in [0, 0.05) is 35.6 Å². The maximum atomic E-state index is 13.3. The third kappa shape index (κ3) is 8.40. The van der Waals surface area contributed by atoms with Crippen LogP contribution in [0.3, 0.4) is 0 Å². The van der Waals surface area contributed by atoms with Gasteiger partial charge in [-0.15, -0.1) is 0 Å². The minimum atomic E-state index is -3.55. The number of benzene rings is 2. The summed E-state index contributed by atoms with van der Waals surface area (Å²) in [6, 6.07) is 11.4. The highest BCUT2D eigenvalue weighted by Gasteiger charge is 2.27. The smallest absolute Gasteiger partial charge is 0.242 e. The van der Waals surface area contributed by atoms with Gasteiger partial charge in [0.05, 0.1) is 11.9 Å². The zero-order valence-electron chi connectivity index (χ0n) is 20.7. The lowest BCUT2D eigenvalue weighted by molar-refractivity contribution is -0.140. The van der Waals surface area contributed by atoms with Crippen LogP contribution in [-0.2, 0) is 26.2 Å². The molecule has 0 spiro atoms. The zero-order valence-corrected chi connectivity index (χ0v) is 23.0. The van der Waals surface area contributed by atoms with Crippen LogP contribution in [-0.4, -0.2) is 50.0 Å². The van der Waals surface area contributed by atoms with E-state index in [0.29, 0.717) is 21.3 Å². The van der Waals surface area contributed by atoms with Crippen molar-refractivity contribution < 1.29 is 18.0 Å². The number of hydrogen-bond donors (Lipinski definition) is 1. The molecule has 0 bridgehead atoms. The van der Waals surface area contributed by atoms with Gasteiger partial charge in [-0.1, -0.05) is 47.5 Å². The van der Waals surface area contributed by atoms with E-state index in [9.17, 15) is 18.0 Å². The fourth-order valence-electron chi connectivity index (χ4n) is 3.65. The Morgan fingerprint density at radius 3 is 2.29 bits per heavy atom. The van der Waals surface area contributed by atoms with Gasteiger partial charge in [0.25, 0.3) is 0 Å².